The van der Waals surface area contributed by atoms with E-state index in [2.05, 4.69) is 0 Å². The Morgan fingerprint density at radius 2 is 1.48 bits per heavy atom. The summed E-state index contributed by atoms with van der Waals surface area (Å²) in [5.74, 6) is -5.14. The molecule has 6 heteroatoms. The summed E-state index contributed by atoms with van der Waals surface area (Å²) in [6.07, 6.45) is 4.59. The van der Waals surface area contributed by atoms with Gasteiger partial charge in [-0.25, -0.2) is 17.7 Å². The molecule has 2 aliphatic carbocycles. The molecule has 1 heterocycles. The van der Waals surface area contributed by atoms with E-state index in [0.29, 0.717) is 11.1 Å². The van der Waals surface area contributed by atoms with Crippen molar-refractivity contribution in [3.63, 3.8) is 0 Å². The van der Waals surface area contributed by atoms with E-state index in [1.807, 2.05) is 12.2 Å². The third kappa shape index (κ3) is 1.39. The minimum absolute atomic E-state index is 0.0366. The van der Waals surface area contributed by atoms with Crippen molar-refractivity contribution in [2.75, 3.05) is 0 Å². The minimum Gasteiger partial charge on any atom is -0.494 e. The number of fused-ring (bicyclic) bond motifs is 5. The first-order valence-corrected chi connectivity index (χ1v) is 6.49. The van der Waals surface area contributed by atoms with E-state index < -0.39 is 23.1 Å². The number of hydrogen-bond acceptors (Lipinski definition) is 2. The van der Waals surface area contributed by atoms with Crippen LogP contribution in [0.15, 0.2) is 24.3 Å². The average Bonchev–Trinajstić information content (AvgIpc) is 3.13. The molecule has 0 unspecified atom stereocenters. The molecule has 3 nitrogen and oxygen atoms in total. The maximum Gasteiger partial charge on any atom is 0.202 e. The molecule has 0 fully saturated rings. The zero-order chi connectivity index (χ0) is 14.9. The lowest BCUT2D eigenvalue weighted by Crippen LogP contribution is -2.02. The van der Waals surface area contributed by atoms with Gasteiger partial charge in [-0.05, 0) is 18.6 Å². The Morgan fingerprint density at radius 3 is 2.05 bits per heavy atom. The molecular weight excluding hydrogens is 283 g/mol. The van der Waals surface area contributed by atoms with E-state index in [-0.39, 0.29) is 23.6 Å². The van der Waals surface area contributed by atoms with Gasteiger partial charge < -0.3 is 10.2 Å². The van der Waals surface area contributed by atoms with Crippen molar-refractivity contribution in [3.8, 4) is 17.4 Å². The van der Waals surface area contributed by atoms with Gasteiger partial charge in [-0.3, -0.25) is 0 Å². The topological polar surface area (TPSA) is 45.4 Å². The SMILES string of the molecule is Oc1c2c(c(O)n1-c1ccc(F)c(F)c1F)[C@H]1C=C[C@@H]2C1. The minimum atomic E-state index is -1.64. The first-order chi connectivity index (χ1) is 10.0. The van der Waals surface area contributed by atoms with Crippen LogP contribution in [0.2, 0.25) is 0 Å². The number of aromatic hydroxyl groups is 2. The van der Waals surface area contributed by atoms with Crippen molar-refractivity contribution in [3.05, 3.63) is 52.9 Å². The molecule has 1 aromatic heterocycles. The normalized spacial score (nSPS) is 22.0. The average molecular weight is 293 g/mol. The van der Waals surface area contributed by atoms with Crippen molar-refractivity contribution in [1.29, 1.82) is 0 Å². The number of hydrogen-bond donors (Lipinski definition) is 2. The predicted molar refractivity (Wildman–Crippen MR) is 68.2 cm³/mol. The summed E-state index contributed by atoms with van der Waals surface area (Å²) in [6.45, 7) is 0. The highest BCUT2D eigenvalue weighted by Crippen LogP contribution is 2.57. The van der Waals surface area contributed by atoms with E-state index in [0.717, 1.165) is 23.1 Å². The number of allylic oxidation sites excluding steroid dienone is 2. The molecule has 0 aliphatic heterocycles. The van der Waals surface area contributed by atoms with Crippen molar-refractivity contribution in [2.45, 2.75) is 18.3 Å². The highest BCUT2D eigenvalue weighted by Gasteiger charge is 2.41. The molecule has 2 atom stereocenters. The van der Waals surface area contributed by atoms with Gasteiger partial charge in [0.25, 0.3) is 0 Å². The van der Waals surface area contributed by atoms with Crippen LogP contribution in [-0.2, 0) is 0 Å². The second-order valence-corrected chi connectivity index (χ2v) is 5.34. The molecule has 4 rings (SSSR count). The van der Waals surface area contributed by atoms with Gasteiger partial charge in [0.1, 0.15) is 0 Å². The molecule has 0 radical (unpaired) electrons. The zero-order valence-electron chi connectivity index (χ0n) is 10.6. The molecule has 0 amide bonds. The lowest BCUT2D eigenvalue weighted by atomic mass is 10.0. The van der Waals surface area contributed by atoms with Crippen LogP contribution in [0.25, 0.3) is 5.69 Å². The van der Waals surface area contributed by atoms with E-state index in [4.69, 9.17) is 0 Å². The quantitative estimate of drug-likeness (QED) is 0.625. The molecule has 0 saturated heterocycles. The van der Waals surface area contributed by atoms with Gasteiger partial charge in [-0.1, -0.05) is 12.2 Å². The van der Waals surface area contributed by atoms with Crippen molar-refractivity contribution >= 4 is 0 Å². The monoisotopic (exact) mass is 293 g/mol. The van der Waals surface area contributed by atoms with E-state index in [1.165, 1.54) is 0 Å². The molecule has 0 spiro atoms. The van der Waals surface area contributed by atoms with Gasteiger partial charge in [-0.2, -0.15) is 0 Å². The predicted octanol–water partition coefficient (Wildman–Crippen LogP) is 3.45. The molecule has 2 aliphatic rings. The fourth-order valence-electron chi connectivity index (χ4n) is 3.36. The van der Waals surface area contributed by atoms with Crippen LogP contribution in [-0.4, -0.2) is 14.8 Å². The molecule has 108 valence electrons. The Balaban J connectivity index is 1.99. The van der Waals surface area contributed by atoms with Crippen molar-refractivity contribution in [2.24, 2.45) is 0 Å². The van der Waals surface area contributed by atoms with Crippen LogP contribution in [0.3, 0.4) is 0 Å². The first-order valence-electron chi connectivity index (χ1n) is 6.49. The second-order valence-electron chi connectivity index (χ2n) is 5.34. The number of benzene rings is 1. The molecule has 21 heavy (non-hydrogen) atoms. The summed E-state index contributed by atoms with van der Waals surface area (Å²) in [6, 6.07) is 1.74. The summed E-state index contributed by atoms with van der Waals surface area (Å²) in [4.78, 5) is 0. The maximum atomic E-state index is 13.9. The van der Waals surface area contributed by atoms with Crippen molar-refractivity contribution < 1.29 is 23.4 Å². The third-order valence-electron chi connectivity index (χ3n) is 4.28. The van der Waals surface area contributed by atoms with Crippen molar-refractivity contribution in [1.82, 2.24) is 4.57 Å². The van der Waals surface area contributed by atoms with Crippen LogP contribution >= 0.6 is 0 Å². The molecule has 1 aromatic carbocycles. The maximum absolute atomic E-state index is 13.9. The zero-order valence-corrected chi connectivity index (χ0v) is 10.6. The van der Waals surface area contributed by atoms with Gasteiger partial charge in [-0.15, -0.1) is 0 Å². The Kier molecular flexibility index (Phi) is 2.26. The van der Waals surface area contributed by atoms with E-state index in [9.17, 15) is 23.4 Å². The summed E-state index contributed by atoms with van der Waals surface area (Å²) in [5.41, 5.74) is 0.644. The van der Waals surface area contributed by atoms with Crippen LogP contribution in [0, 0.1) is 17.5 Å². The first kappa shape index (κ1) is 12.4. The van der Waals surface area contributed by atoms with Crippen LogP contribution in [0.5, 0.6) is 11.8 Å². The summed E-state index contributed by atoms with van der Waals surface area (Å²) < 4.78 is 41.1. The van der Waals surface area contributed by atoms with Gasteiger partial charge >= 0.3 is 0 Å². The Morgan fingerprint density at radius 1 is 0.905 bits per heavy atom. The van der Waals surface area contributed by atoms with Crippen LogP contribution in [0.4, 0.5) is 13.2 Å². The number of rotatable bonds is 1. The van der Waals surface area contributed by atoms with E-state index in [1.54, 1.807) is 0 Å². The highest BCUT2D eigenvalue weighted by molar-refractivity contribution is 5.62. The van der Waals surface area contributed by atoms with E-state index >= 15 is 0 Å². The Labute approximate surface area is 117 Å². The smallest absolute Gasteiger partial charge is 0.202 e. The van der Waals surface area contributed by atoms with Gasteiger partial charge in [0.05, 0.1) is 5.69 Å². The Bertz CT molecular complexity index is 774. The third-order valence-corrected chi connectivity index (χ3v) is 4.28. The molecular formula is C15H10F3NO2. The standard InChI is InChI=1S/C15H10F3NO2/c16-8-3-4-9(13(18)12(8)17)19-14(20)10-6-1-2-7(5-6)11(10)15(19)21/h1-4,6-7,20-21H,5H2/t6-,7+. The second kappa shape index (κ2) is 3.84. The largest absolute Gasteiger partial charge is 0.494 e. The lowest BCUT2D eigenvalue weighted by molar-refractivity contribution is 0.386. The molecule has 2 aromatic rings. The molecule has 0 saturated carbocycles. The molecule has 2 N–H and O–H groups in total. The summed E-state index contributed by atoms with van der Waals surface area (Å²) >= 11 is 0. The summed E-state index contributed by atoms with van der Waals surface area (Å²) in [7, 11) is 0. The van der Waals surface area contributed by atoms with Crippen LogP contribution < -0.4 is 0 Å². The van der Waals surface area contributed by atoms with Crippen LogP contribution in [0.1, 0.15) is 29.4 Å². The van der Waals surface area contributed by atoms with Gasteiger partial charge in [0, 0.05) is 23.0 Å². The fourth-order valence-corrected chi connectivity index (χ4v) is 3.36. The number of nitrogens with zero attached hydrogens (tertiary/aromatic N) is 1. The highest BCUT2D eigenvalue weighted by atomic mass is 19.2. The number of aromatic nitrogens is 1. The van der Waals surface area contributed by atoms with Gasteiger partial charge in [0.2, 0.25) is 11.8 Å². The molecule has 2 bridgehead atoms. The lowest BCUT2D eigenvalue weighted by Gasteiger charge is -2.11. The summed E-state index contributed by atoms with van der Waals surface area (Å²) in [5, 5.41) is 20.6. The Hall–Kier alpha value is -2.37. The fraction of sp³-hybridized carbons (Fsp3) is 0.200. The van der Waals surface area contributed by atoms with Gasteiger partial charge in [0.15, 0.2) is 17.5 Å². The number of halogens is 3.